The Labute approximate surface area is 159 Å². The molecule has 0 radical (unpaired) electrons. The first-order valence-corrected chi connectivity index (χ1v) is 9.49. The molecule has 2 aromatic rings. The molecule has 1 aromatic carbocycles. The molecule has 154 valence electrons. The van der Waals surface area contributed by atoms with Crippen LogP contribution in [0.15, 0.2) is 41.6 Å². The van der Waals surface area contributed by atoms with Crippen molar-refractivity contribution >= 4 is 15.9 Å². The van der Waals surface area contributed by atoms with Crippen molar-refractivity contribution in [3.05, 3.63) is 48.0 Å². The van der Waals surface area contributed by atoms with E-state index in [1.165, 1.54) is 44.4 Å². The second-order valence-corrected chi connectivity index (χ2v) is 7.86. The van der Waals surface area contributed by atoms with Gasteiger partial charge in [0.05, 0.1) is 17.4 Å². The molecule has 2 rings (SSSR count). The van der Waals surface area contributed by atoms with E-state index >= 15 is 0 Å². The number of aromatic nitrogens is 2. The summed E-state index contributed by atoms with van der Waals surface area (Å²) in [6, 6.07) is 4.48. The molecule has 0 aliphatic rings. The molecular formula is C16H19F3N4O4S. The summed E-state index contributed by atoms with van der Waals surface area (Å²) in [5.41, 5.74) is -3.18. The van der Waals surface area contributed by atoms with E-state index in [9.17, 15) is 31.5 Å². The number of alkyl halides is 3. The molecule has 0 saturated heterocycles. The van der Waals surface area contributed by atoms with E-state index in [1.807, 2.05) is 0 Å². The van der Waals surface area contributed by atoms with Gasteiger partial charge in [-0.3, -0.25) is 4.79 Å². The SMILES string of the molecule is CC(NC(=O)CC(O)(c1nccn1C)C(F)(F)F)c1cccc(S(N)(=O)=O)c1. The molecule has 0 bridgehead atoms. The number of hydrogen-bond acceptors (Lipinski definition) is 5. The monoisotopic (exact) mass is 420 g/mol. The molecule has 2 unspecified atom stereocenters. The lowest BCUT2D eigenvalue weighted by molar-refractivity contribution is -0.271. The zero-order chi connectivity index (χ0) is 21.3. The van der Waals surface area contributed by atoms with Gasteiger partial charge < -0.3 is 15.0 Å². The third-order valence-electron chi connectivity index (χ3n) is 4.14. The molecule has 0 aliphatic heterocycles. The topological polar surface area (TPSA) is 127 Å². The summed E-state index contributed by atoms with van der Waals surface area (Å²) in [7, 11) is -2.72. The van der Waals surface area contributed by atoms with Gasteiger partial charge in [0.25, 0.3) is 0 Å². The molecule has 2 atom stereocenters. The molecule has 28 heavy (non-hydrogen) atoms. The summed E-state index contributed by atoms with van der Waals surface area (Å²) in [6.07, 6.45) is -4.18. The standard InChI is InChI=1S/C16H19F3N4O4S/c1-10(11-4-3-5-12(8-11)28(20,26)27)22-13(24)9-15(25,16(17,18)19)14-21-6-7-23(14)2/h3-8,10,25H,9H2,1-2H3,(H,22,24)(H2,20,26,27). The summed E-state index contributed by atoms with van der Waals surface area (Å²) in [6.45, 7) is 1.45. The minimum absolute atomic E-state index is 0.203. The lowest BCUT2D eigenvalue weighted by Crippen LogP contribution is -2.48. The molecular weight excluding hydrogens is 401 g/mol. The van der Waals surface area contributed by atoms with Crippen molar-refractivity contribution in [2.45, 2.75) is 36.1 Å². The highest BCUT2D eigenvalue weighted by atomic mass is 32.2. The Morgan fingerprint density at radius 3 is 2.54 bits per heavy atom. The van der Waals surface area contributed by atoms with Crippen molar-refractivity contribution in [3.8, 4) is 0 Å². The highest BCUT2D eigenvalue weighted by Gasteiger charge is 2.58. The predicted octanol–water partition coefficient (Wildman–Crippen LogP) is 1.08. The lowest BCUT2D eigenvalue weighted by Gasteiger charge is -2.29. The van der Waals surface area contributed by atoms with Crippen LogP contribution < -0.4 is 10.5 Å². The smallest absolute Gasteiger partial charge is 0.374 e. The van der Waals surface area contributed by atoms with Gasteiger partial charge in [0.2, 0.25) is 21.5 Å². The molecule has 4 N–H and O–H groups in total. The fourth-order valence-corrected chi connectivity index (χ4v) is 3.21. The molecule has 1 heterocycles. The fraction of sp³-hybridized carbons (Fsp3) is 0.375. The maximum atomic E-state index is 13.5. The van der Waals surface area contributed by atoms with E-state index in [0.29, 0.717) is 5.56 Å². The van der Waals surface area contributed by atoms with Crippen molar-refractivity contribution in [3.63, 3.8) is 0 Å². The Morgan fingerprint density at radius 2 is 2.04 bits per heavy atom. The summed E-state index contributed by atoms with van der Waals surface area (Å²) in [5.74, 6) is -1.82. The van der Waals surface area contributed by atoms with Crippen LogP contribution in [-0.4, -0.2) is 35.2 Å². The first-order chi connectivity index (χ1) is 12.8. The largest absolute Gasteiger partial charge is 0.425 e. The minimum atomic E-state index is -5.15. The molecule has 8 nitrogen and oxygen atoms in total. The van der Waals surface area contributed by atoms with E-state index in [-0.39, 0.29) is 4.90 Å². The number of hydrogen-bond donors (Lipinski definition) is 3. The van der Waals surface area contributed by atoms with Crippen LogP contribution in [-0.2, 0) is 27.5 Å². The third-order valence-corrected chi connectivity index (χ3v) is 5.05. The minimum Gasteiger partial charge on any atom is -0.374 e. The summed E-state index contributed by atoms with van der Waals surface area (Å²) < 4.78 is 64.3. The van der Waals surface area contributed by atoms with Crippen LogP contribution in [0, 0.1) is 0 Å². The lowest BCUT2D eigenvalue weighted by atomic mass is 9.96. The van der Waals surface area contributed by atoms with Gasteiger partial charge in [0.15, 0.2) is 5.82 Å². The molecule has 12 heteroatoms. The Bertz CT molecular complexity index is 974. The normalized spacial score (nSPS) is 15.7. The van der Waals surface area contributed by atoms with Crippen LogP contribution in [0.5, 0.6) is 0 Å². The number of sulfonamides is 1. The number of amides is 1. The van der Waals surface area contributed by atoms with E-state index in [2.05, 4.69) is 10.3 Å². The van der Waals surface area contributed by atoms with Crippen molar-refractivity contribution in [2.24, 2.45) is 12.2 Å². The quantitative estimate of drug-likeness (QED) is 0.645. The Morgan fingerprint density at radius 1 is 1.39 bits per heavy atom. The van der Waals surface area contributed by atoms with E-state index in [0.717, 1.165) is 10.8 Å². The fourth-order valence-electron chi connectivity index (χ4n) is 2.64. The number of halogens is 3. The summed E-state index contributed by atoms with van der Waals surface area (Å²) in [4.78, 5) is 15.5. The molecule has 0 saturated carbocycles. The van der Waals surface area contributed by atoms with Crippen LogP contribution in [0.2, 0.25) is 0 Å². The predicted molar refractivity (Wildman–Crippen MR) is 92.1 cm³/mol. The number of rotatable bonds is 6. The highest BCUT2D eigenvalue weighted by molar-refractivity contribution is 7.89. The number of imidazole rings is 1. The Balaban J connectivity index is 2.23. The van der Waals surface area contributed by atoms with E-state index in [4.69, 9.17) is 5.14 Å². The van der Waals surface area contributed by atoms with Gasteiger partial charge in [-0.15, -0.1) is 0 Å². The van der Waals surface area contributed by atoms with E-state index < -0.39 is 46.0 Å². The number of primary sulfonamides is 1. The van der Waals surface area contributed by atoms with Gasteiger partial charge in [-0.2, -0.15) is 13.2 Å². The van der Waals surface area contributed by atoms with Crippen LogP contribution in [0.4, 0.5) is 13.2 Å². The number of benzene rings is 1. The van der Waals surface area contributed by atoms with Crippen LogP contribution in [0.25, 0.3) is 0 Å². The van der Waals surface area contributed by atoms with Gasteiger partial charge >= 0.3 is 6.18 Å². The Hall–Kier alpha value is -2.44. The summed E-state index contributed by atoms with van der Waals surface area (Å²) in [5, 5.41) is 17.6. The summed E-state index contributed by atoms with van der Waals surface area (Å²) >= 11 is 0. The van der Waals surface area contributed by atoms with E-state index in [1.54, 1.807) is 0 Å². The maximum Gasteiger partial charge on any atom is 0.425 e. The highest BCUT2D eigenvalue weighted by Crippen LogP contribution is 2.40. The number of nitrogens with zero attached hydrogens (tertiary/aromatic N) is 2. The van der Waals surface area contributed by atoms with Crippen molar-refractivity contribution in [2.75, 3.05) is 0 Å². The average molecular weight is 420 g/mol. The average Bonchev–Trinajstić information content (AvgIpc) is 2.99. The number of nitrogens with one attached hydrogen (secondary N) is 1. The molecule has 1 amide bonds. The van der Waals surface area contributed by atoms with Crippen LogP contribution >= 0.6 is 0 Å². The molecule has 0 spiro atoms. The number of aliphatic hydroxyl groups is 1. The maximum absolute atomic E-state index is 13.5. The third kappa shape index (κ3) is 4.51. The van der Waals surface area contributed by atoms with Gasteiger partial charge in [-0.05, 0) is 24.6 Å². The van der Waals surface area contributed by atoms with Crippen molar-refractivity contribution in [1.29, 1.82) is 0 Å². The Kier molecular flexibility index (Phi) is 5.87. The van der Waals surface area contributed by atoms with Gasteiger partial charge in [0.1, 0.15) is 0 Å². The van der Waals surface area contributed by atoms with Gasteiger partial charge in [0, 0.05) is 19.4 Å². The second kappa shape index (κ2) is 7.53. The molecule has 0 aliphatic carbocycles. The first kappa shape index (κ1) is 21.9. The second-order valence-electron chi connectivity index (χ2n) is 6.30. The van der Waals surface area contributed by atoms with Crippen molar-refractivity contribution in [1.82, 2.24) is 14.9 Å². The number of carbonyl (C=O) groups is 1. The van der Waals surface area contributed by atoms with Crippen molar-refractivity contribution < 1.29 is 31.5 Å². The van der Waals surface area contributed by atoms with Crippen LogP contribution in [0.3, 0.4) is 0 Å². The zero-order valence-electron chi connectivity index (χ0n) is 14.9. The molecule has 1 aromatic heterocycles. The first-order valence-electron chi connectivity index (χ1n) is 7.95. The number of aryl methyl sites for hydroxylation is 1. The number of nitrogens with two attached hydrogens (primary N) is 1. The number of carbonyl (C=O) groups excluding carboxylic acids is 1. The zero-order valence-corrected chi connectivity index (χ0v) is 15.8. The van der Waals surface area contributed by atoms with Crippen LogP contribution in [0.1, 0.15) is 30.8 Å². The van der Waals surface area contributed by atoms with Gasteiger partial charge in [-0.25, -0.2) is 18.5 Å². The molecule has 0 fully saturated rings. The van der Waals surface area contributed by atoms with Gasteiger partial charge in [-0.1, -0.05) is 12.1 Å².